The molecule has 0 saturated heterocycles. The van der Waals surface area contributed by atoms with Gasteiger partial charge in [-0.15, -0.1) is 0 Å². The van der Waals surface area contributed by atoms with Crippen molar-refractivity contribution in [1.29, 1.82) is 0 Å². The molecule has 2 aliphatic rings. The minimum absolute atomic E-state index is 0.00727. The van der Waals surface area contributed by atoms with Crippen LogP contribution in [0.5, 0.6) is 0 Å². The number of rotatable bonds is 4. The summed E-state index contributed by atoms with van der Waals surface area (Å²) in [6, 6.07) is 11.4. The second kappa shape index (κ2) is 5.51. The molecule has 1 aromatic heterocycles. The van der Waals surface area contributed by atoms with Crippen molar-refractivity contribution >= 4 is 11.9 Å². The fraction of sp³-hybridized carbons (Fsp3) is 0.368. The number of amides is 1. The highest BCUT2D eigenvalue weighted by Gasteiger charge is 2.59. The molecule has 1 spiro atoms. The number of benzene rings is 1. The largest absolute Gasteiger partial charge is 0.475 e. The Morgan fingerprint density at radius 2 is 2.08 bits per heavy atom. The molecule has 1 heterocycles. The van der Waals surface area contributed by atoms with E-state index in [1.165, 1.54) is 17.2 Å². The average Bonchev–Trinajstić information content (AvgIpc) is 3.09. The normalized spacial score (nSPS) is 24.4. The van der Waals surface area contributed by atoms with Gasteiger partial charge >= 0.3 is 5.97 Å². The molecule has 0 aliphatic heterocycles. The molecule has 2 aliphatic carbocycles. The Kier molecular flexibility index (Phi) is 3.44. The van der Waals surface area contributed by atoms with Gasteiger partial charge in [0.1, 0.15) is 5.76 Å². The minimum Gasteiger partial charge on any atom is -0.475 e. The number of carbonyl (C=O) groups excluding carboxylic acids is 1. The lowest BCUT2D eigenvalue weighted by atomic mass is 9.78. The number of hydrogen-bond acceptors (Lipinski definition) is 3. The molecular formula is C19H19NO4. The molecule has 0 bridgehead atoms. The standard InChI is InChI=1S/C19H19NO4/c21-17(20-11-13-7-8-16(24-13)18(22)23)15-10-19(15)9-3-5-12-4-1-2-6-14(12)19/h1-2,4,6-8,15H,3,5,9-11H2,(H,20,21)(H,22,23)/t15-,19-/m0/s1. The topological polar surface area (TPSA) is 79.5 Å². The Morgan fingerprint density at radius 3 is 2.88 bits per heavy atom. The molecule has 4 rings (SSSR count). The smallest absolute Gasteiger partial charge is 0.371 e. The van der Waals surface area contributed by atoms with Gasteiger partial charge in [0.05, 0.1) is 6.54 Å². The molecule has 1 amide bonds. The van der Waals surface area contributed by atoms with Crippen molar-refractivity contribution in [2.24, 2.45) is 5.92 Å². The quantitative estimate of drug-likeness (QED) is 0.906. The summed E-state index contributed by atoms with van der Waals surface area (Å²) in [4.78, 5) is 23.3. The van der Waals surface area contributed by atoms with E-state index in [1.54, 1.807) is 6.07 Å². The van der Waals surface area contributed by atoms with E-state index in [2.05, 4.69) is 29.6 Å². The number of nitrogens with one attached hydrogen (secondary N) is 1. The molecular weight excluding hydrogens is 306 g/mol. The molecule has 0 radical (unpaired) electrons. The Morgan fingerprint density at radius 1 is 1.25 bits per heavy atom. The van der Waals surface area contributed by atoms with Crippen LogP contribution in [0.3, 0.4) is 0 Å². The summed E-state index contributed by atoms with van der Waals surface area (Å²) >= 11 is 0. The fourth-order valence-electron chi connectivity index (χ4n) is 4.06. The molecule has 0 unspecified atom stereocenters. The van der Waals surface area contributed by atoms with Crippen LogP contribution in [0.15, 0.2) is 40.8 Å². The molecule has 24 heavy (non-hydrogen) atoms. The van der Waals surface area contributed by atoms with Gasteiger partial charge in [-0.3, -0.25) is 4.79 Å². The molecule has 1 aromatic carbocycles. The minimum atomic E-state index is -1.10. The third kappa shape index (κ3) is 2.40. The lowest BCUT2D eigenvalue weighted by molar-refractivity contribution is -0.123. The molecule has 1 saturated carbocycles. The van der Waals surface area contributed by atoms with E-state index in [9.17, 15) is 9.59 Å². The third-order valence-electron chi connectivity index (χ3n) is 5.32. The first-order valence-electron chi connectivity index (χ1n) is 8.28. The number of furan rings is 1. The Hall–Kier alpha value is -2.56. The van der Waals surface area contributed by atoms with Gasteiger partial charge in [0.15, 0.2) is 0 Å². The highest BCUT2D eigenvalue weighted by molar-refractivity contribution is 5.85. The summed E-state index contributed by atoms with van der Waals surface area (Å²) < 4.78 is 5.17. The van der Waals surface area contributed by atoms with Crippen LogP contribution in [-0.2, 0) is 23.2 Å². The van der Waals surface area contributed by atoms with Crippen LogP contribution in [0, 0.1) is 5.92 Å². The van der Waals surface area contributed by atoms with Gasteiger partial charge in [-0.25, -0.2) is 4.79 Å². The van der Waals surface area contributed by atoms with Crippen LogP contribution in [-0.4, -0.2) is 17.0 Å². The Labute approximate surface area is 139 Å². The number of carboxylic acid groups (broad SMARTS) is 1. The van der Waals surface area contributed by atoms with Gasteiger partial charge < -0.3 is 14.8 Å². The molecule has 5 nitrogen and oxygen atoms in total. The molecule has 2 atom stereocenters. The van der Waals surface area contributed by atoms with E-state index < -0.39 is 5.97 Å². The van der Waals surface area contributed by atoms with E-state index >= 15 is 0 Å². The zero-order chi connectivity index (χ0) is 16.7. The Balaban J connectivity index is 1.43. The van der Waals surface area contributed by atoms with Crippen molar-refractivity contribution in [3.8, 4) is 0 Å². The zero-order valence-corrected chi connectivity index (χ0v) is 13.2. The van der Waals surface area contributed by atoms with Crippen molar-refractivity contribution in [3.05, 3.63) is 59.0 Å². The van der Waals surface area contributed by atoms with Gasteiger partial charge in [-0.2, -0.15) is 0 Å². The number of aromatic carboxylic acids is 1. The molecule has 124 valence electrons. The maximum atomic E-state index is 12.5. The van der Waals surface area contributed by atoms with Gasteiger partial charge in [0.2, 0.25) is 11.7 Å². The number of hydrogen-bond donors (Lipinski definition) is 2. The first-order chi connectivity index (χ1) is 11.6. The summed E-state index contributed by atoms with van der Waals surface area (Å²) in [5, 5.41) is 11.7. The SMILES string of the molecule is O=C(O)c1ccc(CNC(=O)[C@@H]2C[C@]23CCCc2ccccc23)o1. The Bertz CT molecular complexity index is 809. The lowest BCUT2D eigenvalue weighted by Crippen LogP contribution is -2.29. The maximum Gasteiger partial charge on any atom is 0.371 e. The maximum absolute atomic E-state index is 12.5. The predicted octanol–water partition coefficient (Wildman–Crippen LogP) is 2.89. The molecule has 1 fully saturated rings. The second-order valence-corrected chi connectivity index (χ2v) is 6.71. The van der Waals surface area contributed by atoms with Crippen molar-refractivity contribution in [2.75, 3.05) is 0 Å². The van der Waals surface area contributed by atoms with E-state index in [0.717, 1.165) is 25.7 Å². The summed E-state index contributed by atoms with van der Waals surface area (Å²) in [7, 11) is 0. The van der Waals surface area contributed by atoms with Crippen LogP contribution >= 0.6 is 0 Å². The highest BCUT2D eigenvalue weighted by Crippen LogP contribution is 2.60. The molecule has 5 heteroatoms. The summed E-state index contributed by atoms with van der Waals surface area (Å²) in [5.41, 5.74) is 2.72. The van der Waals surface area contributed by atoms with Gasteiger partial charge in [-0.1, -0.05) is 24.3 Å². The summed E-state index contributed by atoms with van der Waals surface area (Å²) in [5.74, 6) is -0.719. The van der Waals surface area contributed by atoms with Gasteiger partial charge in [0, 0.05) is 11.3 Å². The zero-order valence-electron chi connectivity index (χ0n) is 13.2. The third-order valence-corrected chi connectivity index (χ3v) is 5.32. The fourth-order valence-corrected chi connectivity index (χ4v) is 4.06. The van der Waals surface area contributed by atoms with Crippen LogP contribution in [0.25, 0.3) is 0 Å². The van der Waals surface area contributed by atoms with Gasteiger partial charge in [-0.05, 0) is 48.9 Å². The molecule has 2 N–H and O–H groups in total. The van der Waals surface area contributed by atoms with Crippen LogP contribution < -0.4 is 5.32 Å². The summed E-state index contributed by atoms with van der Waals surface area (Å²) in [6.45, 7) is 0.223. The van der Waals surface area contributed by atoms with Crippen molar-refractivity contribution in [1.82, 2.24) is 5.32 Å². The number of carboxylic acids is 1. The van der Waals surface area contributed by atoms with Crippen molar-refractivity contribution in [3.63, 3.8) is 0 Å². The number of carbonyl (C=O) groups is 2. The van der Waals surface area contributed by atoms with Crippen LogP contribution in [0.1, 0.15) is 46.7 Å². The van der Waals surface area contributed by atoms with E-state index in [4.69, 9.17) is 9.52 Å². The van der Waals surface area contributed by atoms with Crippen molar-refractivity contribution in [2.45, 2.75) is 37.6 Å². The van der Waals surface area contributed by atoms with E-state index in [1.807, 2.05) is 0 Å². The monoisotopic (exact) mass is 325 g/mol. The molecule has 2 aromatic rings. The van der Waals surface area contributed by atoms with E-state index in [0.29, 0.717) is 5.76 Å². The number of fused-ring (bicyclic) bond motifs is 2. The second-order valence-electron chi connectivity index (χ2n) is 6.71. The first-order valence-corrected chi connectivity index (χ1v) is 8.28. The summed E-state index contributed by atoms with van der Waals surface area (Å²) in [6.07, 6.45) is 4.18. The van der Waals surface area contributed by atoms with Crippen molar-refractivity contribution < 1.29 is 19.1 Å². The highest BCUT2D eigenvalue weighted by atomic mass is 16.4. The first kappa shape index (κ1) is 15.0. The predicted molar refractivity (Wildman–Crippen MR) is 86.7 cm³/mol. The van der Waals surface area contributed by atoms with E-state index in [-0.39, 0.29) is 29.5 Å². The van der Waals surface area contributed by atoms with Crippen LogP contribution in [0.2, 0.25) is 0 Å². The lowest BCUT2D eigenvalue weighted by Gasteiger charge is -2.26. The van der Waals surface area contributed by atoms with Crippen LogP contribution in [0.4, 0.5) is 0 Å². The van der Waals surface area contributed by atoms with Gasteiger partial charge in [0.25, 0.3) is 0 Å². The number of aryl methyl sites for hydroxylation is 1. The average molecular weight is 325 g/mol.